The highest BCUT2D eigenvalue weighted by molar-refractivity contribution is 7.71. The zero-order chi connectivity index (χ0) is 6.85. The zero-order valence-corrected chi connectivity index (χ0v) is 6.14. The van der Waals surface area contributed by atoms with E-state index in [2.05, 4.69) is 15.4 Å². The second kappa shape index (κ2) is 2.26. The third kappa shape index (κ3) is 1.35. The third-order valence-electron chi connectivity index (χ3n) is 0.931. The van der Waals surface area contributed by atoms with E-state index in [0.29, 0.717) is 10.8 Å². The van der Waals surface area contributed by atoms with Crippen LogP contribution in [0, 0.1) is 4.77 Å². The van der Waals surface area contributed by atoms with Crippen molar-refractivity contribution in [3.05, 3.63) is 4.77 Å². The third-order valence-corrected chi connectivity index (χ3v) is 1.10. The van der Waals surface area contributed by atoms with Crippen molar-refractivity contribution >= 4 is 12.2 Å². The standard InChI is InChI=1S/C4H8N4S/c1-3(2)8-6-4(9)5-7-8/h3H,1-2H3,(H,6,9). The second-order valence-electron chi connectivity index (χ2n) is 2.04. The van der Waals surface area contributed by atoms with Crippen LogP contribution in [-0.2, 0) is 0 Å². The fourth-order valence-electron chi connectivity index (χ4n) is 0.464. The number of tetrazole rings is 1. The van der Waals surface area contributed by atoms with Crippen LogP contribution in [0.3, 0.4) is 0 Å². The predicted octanol–water partition coefficient (Wildman–Crippen LogP) is 0.917. The van der Waals surface area contributed by atoms with Gasteiger partial charge >= 0.3 is 0 Å². The summed E-state index contributed by atoms with van der Waals surface area (Å²) >= 11 is 4.70. The molecule has 0 aliphatic rings. The first-order valence-electron chi connectivity index (χ1n) is 2.71. The van der Waals surface area contributed by atoms with Gasteiger partial charge in [0, 0.05) is 0 Å². The van der Waals surface area contributed by atoms with Crippen molar-refractivity contribution in [3.8, 4) is 0 Å². The summed E-state index contributed by atoms with van der Waals surface area (Å²) in [5.41, 5.74) is 0. The second-order valence-corrected chi connectivity index (χ2v) is 2.43. The van der Waals surface area contributed by atoms with Gasteiger partial charge in [0.2, 0.25) is 4.77 Å². The molecule has 1 aromatic heterocycles. The van der Waals surface area contributed by atoms with E-state index in [1.807, 2.05) is 13.8 Å². The molecule has 0 amide bonds. The molecule has 0 spiro atoms. The molecule has 1 rings (SSSR count). The van der Waals surface area contributed by atoms with Crippen molar-refractivity contribution in [2.45, 2.75) is 19.9 Å². The zero-order valence-electron chi connectivity index (χ0n) is 5.33. The molecule has 0 bridgehead atoms. The van der Waals surface area contributed by atoms with Crippen molar-refractivity contribution in [2.24, 2.45) is 0 Å². The van der Waals surface area contributed by atoms with Crippen molar-refractivity contribution in [3.63, 3.8) is 0 Å². The summed E-state index contributed by atoms with van der Waals surface area (Å²) in [6.07, 6.45) is 0. The summed E-state index contributed by atoms with van der Waals surface area (Å²) in [7, 11) is 0. The lowest BCUT2D eigenvalue weighted by atomic mass is 10.4. The number of rotatable bonds is 1. The molecular formula is C4H8N4S. The van der Waals surface area contributed by atoms with E-state index >= 15 is 0 Å². The Hall–Kier alpha value is -0.710. The summed E-state index contributed by atoms with van der Waals surface area (Å²) in [5, 5.41) is 10.1. The van der Waals surface area contributed by atoms with Gasteiger partial charge in [-0.25, -0.2) is 0 Å². The Morgan fingerprint density at radius 1 is 1.67 bits per heavy atom. The summed E-state index contributed by atoms with van der Waals surface area (Å²) < 4.78 is 0.434. The Kier molecular flexibility index (Phi) is 1.61. The van der Waals surface area contributed by atoms with Gasteiger partial charge in [-0.3, -0.25) is 5.10 Å². The minimum atomic E-state index is 0.300. The highest BCUT2D eigenvalue weighted by atomic mass is 32.1. The summed E-state index contributed by atoms with van der Waals surface area (Å²) in [6, 6.07) is 0.300. The molecule has 0 aliphatic heterocycles. The minimum absolute atomic E-state index is 0.300. The molecule has 0 unspecified atom stereocenters. The van der Waals surface area contributed by atoms with Crippen LogP contribution >= 0.6 is 12.2 Å². The molecule has 0 aliphatic carbocycles. The fourth-order valence-corrected chi connectivity index (χ4v) is 0.594. The lowest BCUT2D eigenvalue weighted by Gasteiger charge is -1.99. The number of aromatic amines is 1. The summed E-state index contributed by atoms with van der Waals surface area (Å²) in [5.74, 6) is 0. The number of nitrogens with zero attached hydrogens (tertiary/aromatic N) is 3. The topological polar surface area (TPSA) is 46.5 Å². The minimum Gasteiger partial charge on any atom is -0.253 e. The van der Waals surface area contributed by atoms with Gasteiger partial charge in [0.05, 0.1) is 6.04 Å². The van der Waals surface area contributed by atoms with Crippen molar-refractivity contribution in [1.29, 1.82) is 0 Å². The van der Waals surface area contributed by atoms with Gasteiger partial charge in [-0.2, -0.15) is 4.80 Å². The van der Waals surface area contributed by atoms with Crippen LogP contribution < -0.4 is 0 Å². The molecule has 1 aromatic rings. The van der Waals surface area contributed by atoms with Crippen molar-refractivity contribution in [2.75, 3.05) is 0 Å². The molecule has 0 aromatic carbocycles. The lowest BCUT2D eigenvalue weighted by molar-refractivity contribution is 0.454. The van der Waals surface area contributed by atoms with Gasteiger partial charge in [0.1, 0.15) is 0 Å². The van der Waals surface area contributed by atoms with E-state index < -0.39 is 0 Å². The van der Waals surface area contributed by atoms with Crippen LogP contribution in [0.4, 0.5) is 0 Å². The Bertz CT molecular complexity index is 235. The Balaban J connectivity index is 2.98. The van der Waals surface area contributed by atoms with Gasteiger partial charge in [-0.1, -0.05) is 5.10 Å². The highest BCUT2D eigenvalue weighted by Crippen LogP contribution is 1.94. The first-order valence-corrected chi connectivity index (χ1v) is 3.12. The first-order chi connectivity index (χ1) is 4.20. The lowest BCUT2D eigenvalue weighted by Crippen LogP contribution is -2.04. The smallest absolute Gasteiger partial charge is 0.235 e. The van der Waals surface area contributed by atoms with E-state index in [-0.39, 0.29) is 0 Å². The summed E-state index contributed by atoms with van der Waals surface area (Å²) in [4.78, 5) is 1.61. The van der Waals surface area contributed by atoms with Gasteiger partial charge < -0.3 is 0 Å². The normalized spacial score (nSPS) is 10.6. The molecule has 1 N–H and O–H groups in total. The SMILES string of the molecule is CC(C)n1nnc(=S)[nH]1. The maximum atomic E-state index is 4.70. The molecule has 0 saturated heterocycles. The molecule has 9 heavy (non-hydrogen) atoms. The largest absolute Gasteiger partial charge is 0.253 e. The van der Waals surface area contributed by atoms with E-state index in [9.17, 15) is 0 Å². The maximum absolute atomic E-state index is 4.70. The monoisotopic (exact) mass is 144 g/mol. The van der Waals surface area contributed by atoms with Gasteiger partial charge in [-0.05, 0) is 31.3 Å². The van der Waals surface area contributed by atoms with Crippen LogP contribution in [-0.4, -0.2) is 20.2 Å². The van der Waals surface area contributed by atoms with E-state index in [4.69, 9.17) is 12.2 Å². The highest BCUT2D eigenvalue weighted by Gasteiger charge is 1.95. The van der Waals surface area contributed by atoms with Gasteiger partial charge in [0.15, 0.2) is 0 Å². The van der Waals surface area contributed by atoms with Crippen LogP contribution in [0.2, 0.25) is 0 Å². The first kappa shape index (κ1) is 6.41. The van der Waals surface area contributed by atoms with Crippen molar-refractivity contribution < 1.29 is 0 Å². The Labute approximate surface area is 57.9 Å². The van der Waals surface area contributed by atoms with Crippen molar-refractivity contribution in [1.82, 2.24) is 20.2 Å². The molecule has 0 fully saturated rings. The average molecular weight is 144 g/mol. The van der Waals surface area contributed by atoms with Crippen LogP contribution in [0.25, 0.3) is 0 Å². The number of nitrogens with one attached hydrogen (secondary N) is 1. The quantitative estimate of drug-likeness (QED) is 0.596. The number of H-pyrrole nitrogens is 1. The fraction of sp³-hybridized carbons (Fsp3) is 0.750. The van der Waals surface area contributed by atoms with E-state index in [0.717, 1.165) is 0 Å². The van der Waals surface area contributed by atoms with Crippen LogP contribution in [0.1, 0.15) is 19.9 Å². The molecule has 1 heterocycles. The molecule has 0 saturated carbocycles. The Morgan fingerprint density at radius 2 is 2.33 bits per heavy atom. The van der Waals surface area contributed by atoms with Gasteiger partial charge in [-0.15, -0.1) is 0 Å². The van der Waals surface area contributed by atoms with Crippen LogP contribution in [0.15, 0.2) is 0 Å². The molecule has 0 radical (unpaired) electrons. The molecule has 4 nitrogen and oxygen atoms in total. The summed E-state index contributed by atoms with van der Waals surface area (Å²) in [6.45, 7) is 4.00. The van der Waals surface area contributed by atoms with Crippen LogP contribution in [0.5, 0.6) is 0 Å². The molecule has 50 valence electrons. The Morgan fingerprint density at radius 3 is 2.56 bits per heavy atom. The number of hydrogen-bond donors (Lipinski definition) is 1. The molecular weight excluding hydrogens is 136 g/mol. The van der Waals surface area contributed by atoms with Gasteiger partial charge in [0.25, 0.3) is 0 Å². The van der Waals surface area contributed by atoms with E-state index in [1.54, 1.807) is 4.80 Å². The predicted molar refractivity (Wildman–Crippen MR) is 35.6 cm³/mol. The molecule has 0 atom stereocenters. The average Bonchev–Trinajstić information content (AvgIpc) is 2.14. The van der Waals surface area contributed by atoms with E-state index in [1.165, 1.54) is 0 Å². The maximum Gasteiger partial charge on any atom is 0.235 e. The number of hydrogen-bond acceptors (Lipinski definition) is 3. The molecule has 5 heteroatoms. The number of aromatic nitrogens is 4.